The van der Waals surface area contributed by atoms with Gasteiger partial charge in [0.05, 0.1) is 21.4 Å². The molecule has 1 aromatic carbocycles. The largest absolute Gasteiger partial charge is 0.480 e. The second-order valence-corrected chi connectivity index (χ2v) is 9.46. The third kappa shape index (κ3) is 4.03. The Labute approximate surface area is 177 Å². The number of carbonyl (C=O) groups is 1. The fraction of sp³-hybridized carbons (Fsp3) is 0.312. The number of piperazine rings is 1. The van der Waals surface area contributed by atoms with Crippen molar-refractivity contribution in [3.05, 3.63) is 36.0 Å². The molecule has 0 spiro atoms. The van der Waals surface area contributed by atoms with E-state index in [1.807, 2.05) is 0 Å². The van der Waals surface area contributed by atoms with E-state index in [1.54, 1.807) is 4.90 Å². The molecule has 1 atom stereocenters. The van der Waals surface area contributed by atoms with Crippen molar-refractivity contribution in [2.24, 2.45) is 0 Å². The first-order valence-corrected chi connectivity index (χ1v) is 10.9. The number of rotatable bonds is 4. The molecule has 0 amide bonds. The predicted octanol–water partition coefficient (Wildman–Crippen LogP) is 1.46. The zero-order valence-electron chi connectivity index (χ0n) is 15.4. The van der Waals surface area contributed by atoms with Crippen molar-refractivity contribution in [1.82, 2.24) is 24.7 Å². The number of hydrogen-bond donors (Lipinski definition) is 1. The van der Waals surface area contributed by atoms with E-state index in [9.17, 15) is 31.5 Å². The minimum atomic E-state index is -4.62. The molecule has 0 bridgehead atoms. The molecule has 15 heteroatoms. The number of aliphatic carboxylic acids is 1. The minimum Gasteiger partial charge on any atom is -0.480 e. The minimum absolute atomic E-state index is 0.129. The molecule has 3 aromatic rings. The standard InChI is InChI=1S/C16H13F3N6O4S2/c17-16(18,19)9-1-3-10(4-2-9)31(28,29)25-6-5-24(8-11(25)14(26)27)15-21-13-12(30-15)7-20-23-22-13/h1-4,7,11H,5-6,8H2,(H,26,27)/t11-/m1/s1. The summed E-state index contributed by atoms with van der Waals surface area (Å²) in [6.45, 7) is -0.264. The van der Waals surface area contributed by atoms with E-state index in [1.165, 1.54) is 17.5 Å². The van der Waals surface area contributed by atoms with Gasteiger partial charge >= 0.3 is 12.1 Å². The number of alkyl halides is 3. The Morgan fingerprint density at radius 1 is 1.19 bits per heavy atom. The number of carboxylic acid groups (broad SMARTS) is 1. The maximum absolute atomic E-state index is 13.0. The molecule has 2 aromatic heterocycles. The van der Waals surface area contributed by atoms with Crippen LogP contribution in [0, 0.1) is 0 Å². The van der Waals surface area contributed by atoms with Crippen molar-refractivity contribution >= 4 is 42.8 Å². The molecule has 0 radical (unpaired) electrons. The highest BCUT2D eigenvalue weighted by Crippen LogP contribution is 2.32. The summed E-state index contributed by atoms with van der Waals surface area (Å²) in [7, 11) is -4.34. The summed E-state index contributed by atoms with van der Waals surface area (Å²) < 4.78 is 65.6. The van der Waals surface area contributed by atoms with E-state index < -0.39 is 38.7 Å². The fourth-order valence-electron chi connectivity index (χ4n) is 3.13. The summed E-state index contributed by atoms with van der Waals surface area (Å²) in [6.07, 6.45) is -3.15. The SMILES string of the molecule is O=C(O)[C@H]1CN(c2nc3nnncc3s2)CCN1S(=O)(=O)c1ccc(C(F)(F)F)cc1. The lowest BCUT2D eigenvalue weighted by Crippen LogP contribution is -2.58. The summed E-state index contributed by atoms with van der Waals surface area (Å²) >= 11 is 1.21. The smallest absolute Gasteiger partial charge is 0.416 e. The number of anilines is 1. The molecule has 0 unspecified atom stereocenters. The van der Waals surface area contributed by atoms with Crippen molar-refractivity contribution < 1.29 is 31.5 Å². The average Bonchev–Trinajstić information content (AvgIpc) is 3.17. The normalized spacial score (nSPS) is 18.4. The summed E-state index contributed by atoms with van der Waals surface area (Å²) in [4.78, 5) is 17.3. The van der Waals surface area contributed by atoms with E-state index in [0.29, 0.717) is 27.6 Å². The molecule has 1 N–H and O–H groups in total. The van der Waals surface area contributed by atoms with Crippen LogP contribution in [0.2, 0.25) is 0 Å². The number of halogens is 3. The number of aromatic nitrogens is 4. The molecule has 164 valence electrons. The number of benzene rings is 1. The van der Waals surface area contributed by atoms with E-state index >= 15 is 0 Å². The first-order valence-electron chi connectivity index (χ1n) is 8.69. The van der Waals surface area contributed by atoms with Crippen molar-refractivity contribution in [1.29, 1.82) is 0 Å². The van der Waals surface area contributed by atoms with Gasteiger partial charge in [0.25, 0.3) is 0 Å². The molecule has 0 saturated carbocycles. The van der Waals surface area contributed by atoms with Crippen molar-refractivity contribution in [3.63, 3.8) is 0 Å². The Hall–Kier alpha value is -2.91. The molecule has 1 aliphatic rings. The van der Waals surface area contributed by atoms with Gasteiger partial charge in [-0.05, 0) is 29.5 Å². The lowest BCUT2D eigenvalue weighted by molar-refractivity contribution is -0.141. The Bertz CT molecular complexity index is 1200. The highest BCUT2D eigenvalue weighted by atomic mass is 32.2. The number of thiazole rings is 1. The Kier molecular flexibility index (Phi) is 5.26. The van der Waals surface area contributed by atoms with Crippen LogP contribution in [0.5, 0.6) is 0 Å². The van der Waals surface area contributed by atoms with Gasteiger partial charge in [0.2, 0.25) is 10.0 Å². The lowest BCUT2D eigenvalue weighted by Gasteiger charge is -2.38. The summed E-state index contributed by atoms with van der Waals surface area (Å²) in [5.41, 5.74) is -0.666. The second-order valence-electron chi connectivity index (χ2n) is 6.56. The van der Waals surface area contributed by atoms with Gasteiger partial charge < -0.3 is 10.0 Å². The van der Waals surface area contributed by atoms with Gasteiger partial charge in [0.15, 0.2) is 10.8 Å². The van der Waals surface area contributed by atoms with Crippen LogP contribution in [-0.2, 0) is 21.0 Å². The number of sulfonamides is 1. The number of hydrogen-bond acceptors (Lipinski definition) is 9. The van der Waals surface area contributed by atoms with Gasteiger partial charge in [-0.25, -0.2) is 8.42 Å². The van der Waals surface area contributed by atoms with Gasteiger partial charge in [0, 0.05) is 19.6 Å². The van der Waals surface area contributed by atoms with Gasteiger partial charge in [-0.2, -0.15) is 22.5 Å². The molecule has 10 nitrogen and oxygen atoms in total. The van der Waals surface area contributed by atoms with Gasteiger partial charge in [-0.3, -0.25) is 4.79 Å². The van der Waals surface area contributed by atoms with E-state index in [-0.39, 0.29) is 19.6 Å². The van der Waals surface area contributed by atoms with Gasteiger partial charge in [-0.1, -0.05) is 11.3 Å². The van der Waals surface area contributed by atoms with E-state index in [2.05, 4.69) is 20.4 Å². The molecular formula is C16H13F3N6O4S2. The number of carboxylic acids is 1. The van der Waals surface area contributed by atoms with Gasteiger partial charge in [0.1, 0.15) is 6.04 Å². The van der Waals surface area contributed by atoms with Crippen LogP contribution in [0.25, 0.3) is 10.3 Å². The van der Waals surface area contributed by atoms with Crippen molar-refractivity contribution in [3.8, 4) is 0 Å². The maximum atomic E-state index is 13.0. The lowest BCUT2D eigenvalue weighted by atomic mass is 10.2. The molecule has 1 saturated heterocycles. The Balaban J connectivity index is 1.61. The molecule has 4 rings (SSSR count). The molecule has 1 fully saturated rings. The summed E-state index contributed by atoms with van der Waals surface area (Å²) in [6, 6.07) is 1.48. The molecule has 0 aliphatic carbocycles. The van der Waals surface area contributed by atoms with E-state index in [0.717, 1.165) is 16.4 Å². The van der Waals surface area contributed by atoms with Crippen molar-refractivity contribution in [2.45, 2.75) is 17.1 Å². The topological polar surface area (TPSA) is 129 Å². The summed E-state index contributed by atoms with van der Waals surface area (Å²) in [5.74, 6) is -1.39. The molecular weight excluding hydrogens is 461 g/mol. The zero-order chi connectivity index (χ0) is 22.4. The Morgan fingerprint density at radius 3 is 2.52 bits per heavy atom. The Morgan fingerprint density at radius 2 is 1.90 bits per heavy atom. The van der Waals surface area contributed by atoms with Gasteiger partial charge in [-0.15, -0.1) is 10.2 Å². The first kappa shape index (κ1) is 21.3. The highest BCUT2D eigenvalue weighted by Gasteiger charge is 2.41. The third-order valence-corrected chi connectivity index (χ3v) is 7.63. The number of nitrogens with zero attached hydrogens (tertiary/aromatic N) is 6. The van der Waals surface area contributed by atoms with Crippen LogP contribution in [-0.4, -0.2) is 69.9 Å². The molecule has 1 aliphatic heterocycles. The third-order valence-electron chi connectivity index (χ3n) is 4.66. The zero-order valence-corrected chi connectivity index (χ0v) is 17.0. The average molecular weight is 474 g/mol. The van der Waals surface area contributed by atoms with Crippen LogP contribution >= 0.6 is 11.3 Å². The second kappa shape index (κ2) is 7.65. The van der Waals surface area contributed by atoms with Crippen molar-refractivity contribution in [2.75, 3.05) is 24.5 Å². The van der Waals surface area contributed by atoms with Crippen LogP contribution in [0.1, 0.15) is 5.56 Å². The fourth-order valence-corrected chi connectivity index (χ4v) is 5.60. The maximum Gasteiger partial charge on any atom is 0.416 e. The van der Waals surface area contributed by atoms with Crippen LogP contribution in [0.15, 0.2) is 35.4 Å². The predicted molar refractivity (Wildman–Crippen MR) is 102 cm³/mol. The first-order chi connectivity index (χ1) is 14.6. The number of fused-ring (bicyclic) bond motifs is 1. The molecule has 31 heavy (non-hydrogen) atoms. The van der Waals surface area contributed by atoms with Crippen LogP contribution in [0.3, 0.4) is 0 Å². The monoisotopic (exact) mass is 474 g/mol. The summed E-state index contributed by atoms with van der Waals surface area (Å²) in [5, 5.41) is 21.0. The van der Waals surface area contributed by atoms with Crippen LogP contribution < -0.4 is 4.90 Å². The molecule has 3 heterocycles. The highest BCUT2D eigenvalue weighted by molar-refractivity contribution is 7.89. The van der Waals surface area contributed by atoms with Crippen LogP contribution in [0.4, 0.5) is 18.3 Å². The quantitative estimate of drug-likeness (QED) is 0.597. The van der Waals surface area contributed by atoms with E-state index in [4.69, 9.17) is 0 Å².